The lowest BCUT2D eigenvalue weighted by Crippen LogP contribution is -2.59. The number of nitrogens with zero attached hydrogens (tertiary/aromatic N) is 1. The average molecular weight is 408 g/mol. The topological polar surface area (TPSA) is 109 Å². The number of methoxy groups -OCH3 is 2. The molecule has 2 N–H and O–H groups in total. The van der Waals surface area contributed by atoms with Crippen molar-refractivity contribution in [2.24, 2.45) is 11.8 Å². The van der Waals surface area contributed by atoms with E-state index < -0.39 is 20.3 Å². The van der Waals surface area contributed by atoms with E-state index in [9.17, 15) is 19.6 Å². The van der Waals surface area contributed by atoms with Crippen LogP contribution in [0.1, 0.15) is 47.3 Å². The maximum absolute atomic E-state index is 11.5. The Morgan fingerprint density at radius 3 is 2.89 bits per heavy atom. The number of rotatable bonds is 5. The predicted octanol–water partition coefficient (Wildman–Crippen LogP) is 3.41. The smallest absolute Gasteiger partial charge is 0.504 e. The second kappa shape index (κ2) is 6.60. The summed E-state index contributed by atoms with van der Waals surface area (Å²) in [6.45, 7) is 0. The summed E-state index contributed by atoms with van der Waals surface area (Å²) in [6.07, 6.45) is 5.25. The molecule has 8 heteroatoms. The Hall–Kier alpha value is -1.84. The number of hydrogen-bond acceptors (Lipinski definition) is 5. The van der Waals surface area contributed by atoms with Crippen LogP contribution in [0.2, 0.25) is 0 Å². The van der Waals surface area contributed by atoms with Crippen molar-refractivity contribution in [1.29, 1.82) is 5.26 Å². The van der Waals surface area contributed by atoms with Crippen molar-refractivity contribution in [3.05, 3.63) is 41.2 Å². The molecule has 7 nitrogen and oxygen atoms in total. The third-order valence-corrected chi connectivity index (χ3v) is 7.08. The quantitative estimate of drug-likeness (QED) is 0.568. The van der Waals surface area contributed by atoms with Crippen LogP contribution < -0.4 is 4.52 Å². The first-order valence-electron chi connectivity index (χ1n) is 10.6. The molecule has 150 valence electrons. The lowest BCUT2D eigenvalue weighted by molar-refractivity contribution is -0.134. The molecule has 4 atom stereocenters. The lowest BCUT2D eigenvalue weighted by atomic mass is 9.44. The van der Waals surface area contributed by atoms with Crippen LogP contribution in [0.25, 0.3) is 0 Å². The molecule has 0 aromatic heterocycles. The van der Waals surface area contributed by atoms with Gasteiger partial charge in [-0.05, 0) is 67.2 Å². The fourth-order valence-corrected chi connectivity index (χ4v) is 6.31. The maximum Gasteiger partial charge on any atom is 0.524 e. The van der Waals surface area contributed by atoms with Gasteiger partial charge in [-0.1, -0.05) is 6.07 Å². The van der Waals surface area contributed by atoms with E-state index in [2.05, 4.69) is 0 Å². The van der Waals surface area contributed by atoms with Crippen LogP contribution in [-0.4, -0.2) is 29.5 Å². The second-order valence-corrected chi connectivity index (χ2v) is 9.32. The van der Waals surface area contributed by atoms with Crippen LogP contribution in [-0.2, 0) is 19.5 Å². The number of hydrogen-bond donors (Lipinski definition) is 2. The number of ether oxygens (including phenoxy) is 2. The summed E-state index contributed by atoms with van der Waals surface area (Å²) in [6, 6.07) is 6.58. The van der Waals surface area contributed by atoms with Gasteiger partial charge in [-0.2, -0.15) is 5.26 Å². The highest BCUT2D eigenvalue weighted by Gasteiger charge is 2.61. The van der Waals surface area contributed by atoms with Crippen molar-refractivity contribution < 1.29 is 32.5 Å². The standard InChI is InChI=1S/C20H24NO6P/c1-25-11-17-15-5-13-7-19(9-15,26-2)12-20(17,8-13)16-4-3-14(10-21)18(6-16)27-28(22,23)24/h3-4,6,11,13,15H,5,7-9,12H2,1-2H3,(H2,22,23,24)/i1D3. The molecule has 4 unspecified atom stereocenters. The summed E-state index contributed by atoms with van der Waals surface area (Å²) in [5.74, 6) is 0.233. The number of phosphoric ester groups is 1. The number of phosphoric acid groups is 1. The summed E-state index contributed by atoms with van der Waals surface area (Å²) >= 11 is 0. The first-order chi connectivity index (χ1) is 14.4. The third-order valence-electron chi connectivity index (χ3n) is 6.64. The van der Waals surface area contributed by atoms with Gasteiger partial charge in [0.05, 0.1) is 28.6 Å². The normalized spacial score (nSPS) is 37.1. The van der Waals surface area contributed by atoms with E-state index in [1.54, 1.807) is 13.2 Å². The zero-order chi connectivity index (χ0) is 22.7. The van der Waals surface area contributed by atoms with Gasteiger partial charge in [0.2, 0.25) is 0 Å². The summed E-state index contributed by atoms with van der Waals surface area (Å²) in [5.41, 5.74) is 0.556. The van der Waals surface area contributed by atoms with Gasteiger partial charge < -0.3 is 14.0 Å². The number of allylic oxidation sites excluding steroid dienone is 1. The van der Waals surface area contributed by atoms with E-state index in [0.29, 0.717) is 17.9 Å². The molecule has 0 heterocycles. The summed E-state index contributed by atoms with van der Waals surface area (Å²) in [5, 5.41) is 9.35. The zero-order valence-electron chi connectivity index (χ0n) is 18.4. The Bertz CT molecular complexity index is 1020. The summed E-state index contributed by atoms with van der Waals surface area (Å²) in [7, 11) is -5.78. The van der Waals surface area contributed by atoms with Crippen molar-refractivity contribution in [2.75, 3.05) is 14.1 Å². The highest BCUT2D eigenvalue weighted by Crippen LogP contribution is 2.65. The molecule has 0 aliphatic heterocycles. The molecule has 0 saturated heterocycles. The van der Waals surface area contributed by atoms with Gasteiger partial charge in [0, 0.05) is 12.5 Å². The van der Waals surface area contributed by atoms with Crippen LogP contribution in [0.3, 0.4) is 0 Å². The predicted molar refractivity (Wildman–Crippen MR) is 100 cm³/mol. The molecular formula is C20H24NO6P. The highest BCUT2D eigenvalue weighted by molar-refractivity contribution is 7.46. The maximum atomic E-state index is 11.5. The molecule has 0 radical (unpaired) electrons. The second-order valence-electron chi connectivity index (χ2n) is 8.15. The molecule has 1 aromatic carbocycles. The number of benzene rings is 1. The molecule has 4 aliphatic rings. The Morgan fingerprint density at radius 2 is 2.21 bits per heavy atom. The highest BCUT2D eigenvalue weighted by atomic mass is 31.2. The molecule has 4 bridgehead atoms. The van der Waals surface area contributed by atoms with Gasteiger partial charge in [0.1, 0.15) is 11.8 Å². The van der Waals surface area contributed by atoms with E-state index in [0.717, 1.165) is 31.3 Å². The molecule has 4 aliphatic carbocycles. The molecule has 5 rings (SSSR count). The van der Waals surface area contributed by atoms with Crippen LogP contribution >= 0.6 is 7.82 Å². The SMILES string of the molecule is [2H]C([2H])([2H])OC=C1C2CC3CC(OC)(C2)CC1(c1ccc(C#N)c(OP(=O)(O)O)c1)C3. The van der Waals surface area contributed by atoms with Crippen LogP contribution in [0, 0.1) is 23.2 Å². The third kappa shape index (κ3) is 3.05. The van der Waals surface area contributed by atoms with Crippen molar-refractivity contribution in [2.45, 2.75) is 43.1 Å². The van der Waals surface area contributed by atoms with E-state index in [1.165, 1.54) is 18.4 Å². The van der Waals surface area contributed by atoms with E-state index >= 15 is 0 Å². The number of nitriles is 1. The minimum Gasteiger partial charge on any atom is -0.504 e. The van der Waals surface area contributed by atoms with Gasteiger partial charge in [-0.25, -0.2) is 4.57 Å². The van der Waals surface area contributed by atoms with E-state index in [-0.39, 0.29) is 22.8 Å². The summed E-state index contributed by atoms with van der Waals surface area (Å²) in [4.78, 5) is 18.6. The first-order valence-corrected chi connectivity index (χ1v) is 10.6. The van der Waals surface area contributed by atoms with Crippen LogP contribution in [0.15, 0.2) is 30.0 Å². The Labute approximate surface area is 168 Å². The lowest BCUT2D eigenvalue weighted by Gasteiger charge is -2.62. The first kappa shape index (κ1) is 16.0. The molecule has 0 amide bonds. The molecule has 1 aromatic rings. The monoisotopic (exact) mass is 408 g/mol. The summed E-state index contributed by atoms with van der Waals surface area (Å²) < 4.78 is 49.6. The van der Waals surface area contributed by atoms with Gasteiger partial charge in [-0.15, -0.1) is 0 Å². The molecule has 0 spiro atoms. The van der Waals surface area contributed by atoms with Crippen molar-refractivity contribution in [3.8, 4) is 11.8 Å². The Balaban J connectivity index is 1.86. The van der Waals surface area contributed by atoms with E-state index in [1.807, 2.05) is 6.07 Å². The van der Waals surface area contributed by atoms with E-state index in [4.69, 9.17) is 18.1 Å². The Morgan fingerprint density at radius 1 is 1.39 bits per heavy atom. The van der Waals surface area contributed by atoms with Crippen molar-refractivity contribution in [3.63, 3.8) is 0 Å². The van der Waals surface area contributed by atoms with Crippen molar-refractivity contribution in [1.82, 2.24) is 0 Å². The van der Waals surface area contributed by atoms with Crippen LogP contribution in [0.4, 0.5) is 0 Å². The fourth-order valence-electron chi connectivity index (χ4n) is 5.90. The van der Waals surface area contributed by atoms with Gasteiger partial charge in [-0.3, -0.25) is 9.79 Å². The molecule has 28 heavy (non-hydrogen) atoms. The Kier molecular flexibility index (Phi) is 3.78. The zero-order valence-corrected chi connectivity index (χ0v) is 16.3. The molecular weight excluding hydrogens is 381 g/mol. The largest absolute Gasteiger partial charge is 0.524 e. The minimum atomic E-state index is -4.88. The fraction of sp³-hybridized carbons (Fsp3) is 0.550. The van der Waals surface area contributed by atoms with Gasteiger partial charge >= 0.3 is 7.82 Å². The van der Waals surface area contributed by atoms with Gasteiger partial charge in [0.15, 0.2) is 0 Å². The van der Waals surface area contributed by atoms with Crippen molar-refractivity contribution >= 4 is 7.82 Å². The minimum absolute atomic E-state index is 0.00234. The average Bonchev–Trinajstić information content (AvgIpc) is 2.64. The molecule has 4 saturated carbocycles. The van der Waals surface area contributed by atoms with Gasteiger partial charge in [0.25, 0.3) is 0 Å². The molecule has 4 fully saturated rings. The van der Waals surface area contributed by atoms with Crippen LogP contribution in [0.5, 0.6) is 5.75 Å².